The van der Waals surface area contributed by atoms with Gasteiger partial charge < -0.3 is 9.73 Å². The van der Waals surface area contributed by atoms with Gasteiger partial charge >= 0.3 is 0 Å². The van der Waals surface area contributed by atoms with Gasteiger partial charge in [0.15, 0.2) is 11.6 Å². The van der Waals surface area contributed by atoms with Gasteiger partial charge in [-0.05, 0) is 36.8 Å². The Bertz CT molecular complexity index is 1120. The van der Waals surface area contributed by atoms with Crippen molar-refractivity contribution in [2.45, 2.75) is 11.9 Å². The van der Waals surface area contributed by atoms with Crippen LogP contribution in [-0.4, -0.2) is 22.1 Å². The van der Waals surface area contributed by atoms with Crippen LogP contribution >= 0.6 is 11.8 Å². The summed E-state index contributed by atoms with van der Waals surface area (Å²) in [5.41, 5.74) is 1.85. The molecule has 134 valence electrons. The second kappa shape index (κ2) is 7.25. The summed E-state index contributed by atoms with van der Waals surface area (Å²) < 4.78 is 5.38. The maximum absolute atomic E-state index is 13.0. The van der Waals surface area contributed by atoms with Gasteiger partial charge in [-0.3, -0.25) is 4.79 Å². The maximum Gasteiger partial charge on any atom is 0.260 e. The lowest BCUT2D eigenvalue weighted by Crippen LogP contribution is -2.17. The molecule has 2 aromatic carbocycles. The Hall–Kier alpha value is -3.12. The molecule has 0 saturated heterocycles. The lowest BCUT2D eigenvalue weighted by atomic mass is 10.1. The molecule has 27 heavy (non-hydrogen) atoms. The van der Waals surface area contributed by atoms with E-state index < -0.39 is 0 Å². The van der Waals surface area contributed by atoms with Gasteiger partial charge in [-0.15, -0.1) is 11.8 Å². The molecule has 0 aliphatic carbocycles. The average molecular weight is 375 g/mol. The molecule has 4 rings (SSSR count). The first-order chi connectivity index (χ1) is 13.2. The fourth-order valence-electron chi connectivity index (χ4n) is 2.99. The SMILES string of the molecule is CSc1nc(-c2ccco2)nc(C)c1C(=O)Nc1cccc2ccccc12. The number of benzene rings is 2. The van der Waals surface area contributed by atoms with Crippen molar-refractivity contribution in [3.63, 3.8) is 0 Å². The minimum Gasteiger partial charge on any atom is -0.461 e. The standard InChI is InChI=1S/C21H17N3O2S/c1-13-18(21(27-2)24-19(22-13)17-11-6-12-26-17)20(25)23-16-10-5-8-14-7-3-4-9-15(14)16/h3-12H,1-2H3,(H,23,25). The second-order valence-corrected chi connectivity index (χ2v) is 6.77. The first-order valence-corrected chi connectivity index (χ1v) is 9.65. The Morgan fingerprint density at radius 2 is 1.85 bits per heavy atom. The Morgan fingerprint density at radius 3 is 2.63 bits per heavy atom. The highest BCUT2D eigenvalue weighted by atomic mass is 32.2. The quantitative estimate of drug-likeness (QED) is 0.393. The summed E-state index contributed by atoms with van der Waals surface area (Å²) in [5.74, 6) is 0.831. The summed E-state index contributed by atoms with van der Waals surface area (Å²) in [5, 5.41) is 5.69. The van der Waals surface area contributed by atoms with Crippen LogP contribution in [0.3, 0.4) is 0 Å². The highest BCUT2D eigenvalue weighted by Gasteiger charge is 2.20. The topological polar surface area (TPSA) is 68.0 Å². The molecule has 0 bridgehead atoms. The smallest absolute Gasteiger partial charge is 0.260 e. The zero-order valence-electron chi connectivity index (χ0n) is 14.9. The highest BCUT2D eigenvalue weighted by Crippen LogP contribution is 2.28. The monoisotopic (exact) mass is 375 g/mol. The van der Waals surface area contributed by atoms with E-state index in [2.05, 4.69) is 15.3 Å². The fourth-order valence-corrected chi connectivity index (χ4v) is 3.61. The van der Waals surface area contributed by atoms with Gasteiger partial charge in [0.2, 0.25) is 0 Å². The molecule has 0 saturated carbocycles. The number of hydrogen-bond acceptors (Lipinski definition) is 5. The fraction of sp³-hybridized carbons (Fsp3) is 0.0952. The van der Waals surface area contributed by atoms with Crippen molar-refractivity contribution in [2.75, 3.05) is 11.6 Å². The van der Waals surface area contributed by atoms with Crippen LogP contribution in [0.15, 0.2) is 70.3 Å². The van der Waals surface area contributed by atoms with Gasteiger partial charge in [-0.2, -0.15) is 0 Å². The van der Waals surface area contributed by atoms with Crippen molar-refractivity contribution < 1.29 is 9.21 Å². The second-order valence-electron chi connectivity index (χ2n) is 5.98. The van der Waals surface area contributed by atoms with Crippen LogP contribution in [0.2, 0.25) is 0 Å². The molecule has 0 atom stereocenters. The van der Waals surface area contributed by atoms with E-state index in [9.17, 15) is 4.79 Å². The molecule has 1 N–H and O–H groups in total. The minimum absolute atomic E-state index is 0.223. The van der Waals surface area contributed by atoms with E-state index >= 15 is 0 Å². The summed E-state index contributed by atoms with van der Waals surface area (Å²) in [7, 11) is 0. The van der Waals surface area contributed by atoms with Crippen LogP contribution in [0.1, 0.15) is 16.1 Å². The lowest BCUT2D eigenvalue weighted by Gasteiger charge is -2.13. The van der Waals surface area contributed by atoms with Gasteiger partial charge in [0, 0.05) is 11.1 Å². The largest absolute Gasteiger partial charge is 0.461 e. The maximum atomic E-state index is 13.0. The summed E-state index contributed by atoms with van der Waals surface area (Å²) in [4.78, 5) is 22.0. The number of amides is 1. The number of anilines is 1. The number of rotatable bonds is 4. The van der Waals surface area contributed by atoms with Crippen LogP contribution < -0.4 is 5.32 Å². The molecular weight excluding hydrogens is 358 g/mol. The summed E-state index contributed by atoms with van der Waals surface area (Å²) in [6.07, 6.45) is 3.47. The Labute approximate surface area is 160 Å². The summed E-state index contributed by atoms with van der Waals surface area (Å²) in [6.45, 7) is 1.81. The van der Waals surface area contributed by atoms with Gasteiger partial charge in [0.25, 0.3) is 5.91 Å². The van der Waals surface area contributed by atoms with Crippen LogP contribution in [0.25, 0.3) is 22.4 Å². The molecule has 5 nitrogen and oxygen atoms in total. The molecule has 0 spiro atoms. The molecule has 0 fully saturated rings. The van der Waals surface area contributed by atoms with Crippen LogP contribution in [0.4, 0.5) is 5.69 Å². The third-order valence-corrected chi connectivity index (χ3v) is 4.94. The van der Waals surface area contributed by atoms with Gasteiger partial charge in [0.1, 0.15) is 5.03 Å². The van der Waals surface area contributed by atoms with Crippen molar-refractivity contribution >= 4 is 34.1 Å². The number of carbonyl (C=O) groups excluding carboxylic acids is 1. The first kappa shape index (κ1) is 17.3. The number of thioether (sulfide) groups is 1. The van der Waals surface area contributed by atoms with E-state index in [4.69, 9.17) is 4.42 Å². The molecule has 0 aliphatic rings. The summed E-state index contributed by atoms with van der Waals surface area (Å²) >= 11 is 1.41. The van der Waals surface area contributed by atoms with E-state index in [1.807, 2.05) is 55.6 Å². The predicted molar refractivity (Wildman–Crippen MR) is 108 cm³/mol. The molecule has 0 aliphatic heterocycles. The molecule has 6 heteroatoms. The van der Waals surface area contributed by atoms with E-state index in [0.29, 0.717) is 27.9 Å². The van der Waals surface area contributed by atoms with Crippen LogP contribution in [0.5, 0.6) is 0 Å². The number of nitrogens with zero attached hydrogens (tertiary/aromatic N) is 2. The van der Waals surface area contributed by atoms with Crippen molar-refractivity contribution in [3.05, 3.63) is 72.1 Å². The van der Waals surface area contributed by atoms with Gasteiger partial charge in [0.05, 0.1) is 17.5 Å². The van der Waals surface area contributed by atoms with E-state index in [1.165, 1.54) is 11.8 Å². The summed E-state index contributed by atoms with van der Waals surface area (Å²) in [6, 6.07) is 17.4. The van der Waals surface area contributed by atoms with Crippen LogP contribution in [-0.2, 0) is 0 Å². The molecular formula is C21H17N3O2S. The Balaban J connectivity index is 1.73. The van der Waals surface area contributed by atoms with E-state index in [0.717, 1.165) is 16.5 Å². The zero-order chi connectivity index (χ0) is 18.8. The Kier molecular flexibility index (Phi) is 4.64. The van der Waals surface area contributed by atoms with Gasteiger partial charge in [-0.1, -0.05) is 36.4 Å². The van der Waals surface area contributed by atoms with Crippen molar-refractivity contribution in [2.24, 2.45) is 0 Å². The van der Waals surface area contributed by atoms with Crippen molar-refractivity contribution in [1.82, 2.24) is 9.97 Å². The molecule has 0 unspecified atom stereocenters. The average Bonchev–Trinajstić information content (AvgIpc) is 3.22. The number of nitrogens with one attached hydrogen (secondary N) is 1. The number of hydrogen-bond donors (Lipinski definition) is 1. The number of carbonyl (C=O) groups is 1. The Morgan fingerprint density at radius 1 is 1.04 bits per heavy atom. The van der Waals surface area contributed by atoms with E-state index in [-0.39, 0.29) is 5.91 Å². The van der Waals surface area contributed by atoms with E-state index in [1.54, 1.807) is 18.4 Å². The number of aromatic nitrogens is 2. The van der Waals surface area contributed by atoms with Crippen LogP contribution in [0, 0.1) is 6.92 Å². The number of furan rings is 1. The third kappa shape index (κ3) is 3.31. The molecule has 1 amide bonds. The van der Waals surface area contributed by atoms with Gasteiger partial charge in [-0.25, -0.2) is 9.97 Å². The minimum atomic E-state index is -0.223. The molecule has 2 heterocycles. The number of aryl methyl sites for hydroxylation is 1. The third-order valence-electron chi connectivity index (χ3n) is 4.26. The molecule has 4 aromatic rings. The highest BCUT2D eigenvalue weighted by molar-refractivity contribution is 7.98. The molecule has 0 radical (unpaired) electrons. The first-order valence-electron chi connectivity index (χ1n) is 8.43. The molecule has 2 aromatic heterocycles. The zero-order valence-corrected chi connectivity index (χ0v) is 15.7. The normalized spacial score (nSPS) is 10.9. The van der Waals surface area contributed by atoms with Crippen molar-refractivity contribution in [1.29, 1.82) is 0 Å². The van der Waals surface area contributed by atoms with Crippen molar-refractivity contribution in [3.8, 4) is 11.6 Å². The predicted octanol–water partition coefficient (Wildman–Crippen LogP) is 5.17. The lowest BCUT2D eigenvalue weighted by molar-refractivity contribution is 0.102. The number of fused-ring (bicyclic) bond motifs is 1.